The molecule has 1 spiro atoms. The van der Waals surface area contributed by atoms with Gasteiger partial charge in [-0.2, -0.15) is 0 Å². The molecule has 0 bridgehead atoms. The van der Waals surface area contributed by atoms with Gasteiger partial charge in [-0.05, 0) is 30.2 Å². The summed E-state index contributed by atoms with van der Waals surface area (Å²) < 4.78 is 10.8. The van der Waals surface area contributed by atoms with Crippen LogP contribution in [0.4, 0.5) is 4.79 Å². The molecule has 4 nitrogen and oxygen atoms in total. The highest BCUT2D eigenvalue weighted by Crippen LogP contribution is 2.39. The average molecular weight is 275 g/mol. The zero-order valence-electron chi connectivity index (χ0n) is 11.7. The molecular weight excluding hydrogens is 254 g/mol. The fourth-order valence-electron chi connectivity index (χ4n) is 3.11. The fourth-order valence-corrected chi connectivity index (χ4v) is 3.11. The molecule has 108 valence electrons. The molecule has 0 radical (unpaired) electrons. The highest BCUT2D eigenvalue weighted by molar-refractivity contribution is 5.68. The number of nitrogens with zero attached hydrogens (tertiary/aromatic N) is 1. The van der Waals surface area contributed by atoms with Gasteiger partial charge in [-0.15, -0.1) is 0 Å². The van der Waals surface area contributed by atoms with E-state index in [1.165, 1.54) is 0 Å². The summed E-state index contributed by atoms with van der Waals surface area (Å²) in [5.74, 6) is 0. The van der Waals surface area contributed by atoms with E-state index in [9.17, 15) is 4.79 Å². The van der Waals surface area contributed by atoms with Crippen LogP contribution in [0.1, 0.15) is 24.8 Å². The van der Waals surface area contributed by atoms with Crippen molar-refractivity contribution in [1.82, 2.24) is 4.90 Å². The zero-order chi connectivity index (χ0) is 13.8. The van der Waals surface area contributed by atoms with Crippen LogP contribution < -0.4 is 0 Å². The number of amides is 1. The Hall–Kier alpha value is -1.55. The first-order valence-electron chi connectivity index (χ1n) is 7.31. The van der Waals surface area contributed by atoms with Crippen LogP contribution in [-0.4, -0.2) is 37.3 Å². The Bertz CT molecular complexity index is 454. The van der Waals surface area contributed by atoms with Gasteiger partial charge in [-0.3, -0.25) is 0 Å². The first-order valence-corrected chi connectivity index (χ1v) is 7.31. The van der Waals surface area contributed by atoms with Crippen LogP contribution >= 0.6 is 0 Å². The van der Waals surface area contributed by atoms with Gasteiger partial charge in [0.2, 0.25) is 0 Å². The molecule has 0 N–H and O–H groups in total. The van der Waals surface area contributed by atoms with Gasteiger partial charge < -0.3 is 14.4 Å². The number of rotatable bonds is 2. The maximum absolute atomic E-state index is 12.1. The Morgan fingerprint density at radius 3 is 2.70 bits per heavy atom. The molecular formula is C16H21NO3. The zero-order valence-corrected chi connectivity index (χ0v) is 11.7. The largest absolute Gasteiger partial charge is 0.445 e. The number of carbonyl (C=O) groups excluding carboxylic acids is 1. The van der Waals surface area contributed by atoms with Crippen LogP contribution in [0.3, 0.4) is 0 Å². The molecule has 2 aliphatic heterocycles. The molecule has 4 heteroatoms. The lowest BCUT2D eigenvalue weighted by atomic mass is 9.80. The van der Waals surface area contributed by atoms with Gasteiger partial charge in [0.1, 0.15) is 6.61 Å². The minimum Gasteiger partial charge on any atom is -0.445 e. The molecule has 1 aromatic rings. The van der Waals surface area contributed by atoms with Crippen molar-refractivity contribution in [1.29, 1.82) is 0 Å². The number of hydrogen-bond donors (Lipinski definition) is 0. The van der Waals surface area contributed by atoms with Crippen molar-refractivity contribution >= 4 is 6.09 Å². The molecule has 1 amide bonds. The van der Waals surface area contributed by atoms with Crippen LogP contribution in [0.25, 0.3) is 0 Å². The number of carbonyl (C=O) groups is 1. The Balaban J connectivity index is 1.51. The second-order valence-corrected chi connectivity index (χ2v) is 5.82. The van der Waals surface area contributed by atoms with Gasteiger partial charge in [0.25, 0.3) is 0 Å². The van der Waals surface area contributed by atoms with E-state index in [2.05, 4.69) is 0 Å². The lowest BCUT2D eigenvalue weighted by Gasteiger charge is -2.32. The van der Waals surface area contributed by atoms with E-state index < -0.39 is 0 Å². The Labute approximate surface area is 119 Å². The van der Waals surface area contributed by atoms with Gasteiger partial charge in [0.05, 0.1) is 0 Å². The molecule has 0 atom stereocenters. The highest BCUT2D eigenvalue weighted by atomic mass is 16.6. The SMILES string of the molecule is O=C(OCc1ccccc1)N1CCC2(CCOCC2)C1. The molecule has 20 heavy (non-hydrogen) atoms. The number of benzene rings is 1. The summed E-state index contributed by atoms with van der Waals surface area (Å²) in [6, 6.07) is 9.81. The highest BCUT2D eigenvalue weighted by Gasteiger charge is 2.41. The quantitative estimate of drug-likeness (QED) is 0.833. The lowest BCUT2D eigenvalue weighted by Crippen LogP contribution is -2.35. The van der Waals surface area contributed by atoms with Crippen molar-refractivity contribution in [2.45, 2.75) is 25.9 Å². The molecule has 2 aliphatic rings. The molecule has 0 aromatic heterocycles. The van der Waals surface area contributed by atoms with Crippen LogP contribution in [0.5, 0.6) is 0 Å². The molecule has 3 rings (SSSR count). The fraction of sp³-hybridized carbons (Fsp3) is 0.562. The van der Waals surface area contributed by atoms with Crippen LogP contribution in [0.2, 0.25) is 0 Å². The normalized spacial score (nSPS) is 21.1. The molecule has 2 saturated heterocycles. The first kappa shape index (κ1) is 13.4. The van der Waals surface area contributed by atoms with Gasteiger partial charge in [0, 0.05) is 26.3 Å². The van der Waals surface area contributed by atoms with E-state index in [1.807, 2.05) is 35.2 Å². The van der Waals surface area contributed by atoms with Gasteiger partial charge >= 0.3 is 6.09 Å². The second-order valence-electron chi connectivity index (χ2n) is 5.82. The van der Waals surface area contributed by atoms with Gasteiger partial charge in [-0.25, -0.2) is 4.79 Å². The second kappa shape index (κ2) is 5.83. The summed E-state index contributed by atoms with van der Waals surface area (Å²) in [7, 11) is 0. The van der Waals surface area contributed by atoms with Crippen LogP contribution in [0.15, 0.2) is 30.3 Å². The minimum atomic E-state index is -0.183. The maximum atomic E-state index is 12.1. The summed E-state index contributed by atoms with van der Waals surface area (Å²) >= 11 is 0. The van der Waals surface area contributed by atoms with E-state index in [0.717, 1.165) is 51.1 Å². The third-order valence-electron chi connectivity index (χ3n) is 4.46. The average Bonchev–Trinajstić information content (AvgIpc) is 2.90. The van der Waals surface area contributed by atoms with Crippen molar-refractivity contribution in [2.75, 3.05) is 26.3 Å². The third kappa shape index (κ3) is 2.96. The van der Waals surface area contributed by atoms with Crippen molar-refractivity contribution in [3.63, 3.8) is 0 Å². The Morgan fingerprint density at radius 2 is 1.95 bits per heavy atom. The lowest BCUT2D eigenvalue weighted by molar-refractivity contribution is 0.0182. The predicted octanol–water partition coefficient (Wildman–Crippen LogP) is 2.83. The number of hydrogen-bond acceptors (Lipinski definition) is 3. The van der Waals surface area contributed by atoms with Gasteiger partial charge in [0.15, 0.2) is 0 Å². The molecule has 0 saturated carbocycles. The summed E-state index contributed by atoms with van der Waals surface area (Å²) in [6.45, 7) is 3.64. The molecule has 0 aliphatic carbocycles. The summed E-state index contributed by atoms with van der Waals surface area (Å²) in [6.07, 6.45) is 3.03. The molecule has 2 fully saturated rings. The van der Waals surface area contributed by atoms with Crippen molar-refractivity contribution in [2.24, 2.45) is 5.41 Å². The van der Waals surface area contributed by atoms with E-state index in [-0.39, 0.29) is 11.5 Å². The van der Waals surface area contributed by atoms with Gasteiger partial charge in [-0.1, -0.05) is 30.3 Å². The molecule has 1 aromatic carbocycles. The summed E-state index contributed by atoms with van der Waals surface area (Å²) in [4.78, 5) is 14.0. The van der Waals surface area contributed by atoms with Crippen molar-refractivity contribution < 1.29 is 14.3 Å². The van der Waals surface area contributed by atoms with E-state index in [4.69, 9.17) is 9.47 Å². The Kier molecular flexibility index (Phi) is 3.92. The summed E-state index contributed by atoms with van der Waals surface area (Å²) in [5, 5.41) is 0. The van der Waals surface area contributed by atoms with Crippen molar-refractivity contribution in [3.8, 4) is 0 Å². The minimum absolute atomic E-state index is 0.183. The van der Waals surface area contributed by atoms with Crippen LogP contribution in [0, 0.1) is 5.41 Å². The van der Waals surface area contributed by atoms with Crippen molar-refractivity contribution in [3.05, 3.63) is 35.9 Å². The molecule has 0 unspecified atom stereocenters. The number of likely N-dealkylation sites (tertiary alicyclic amines) is 1. The molecule has 2 heterocycles. The third-order valence-corrected chi connectivity index (χ3v) is 4.46. The summed E-state index contributed by atoms with van der Waals surface area (Å²) in [5.41, 5.74) is 1.31. The van der Waals surface area contributed by atoms with Crippen LogP contribution in [-0.2, 0) is 16.1 Å². The Morgan fingerprint density at radius 1 is 1.20 bits per heavy atom. The first-order chi connectivity index (χ1) is 9.77. The number of ether oxygens (including phenoxy) is 2. The van der Waals surface area contributed by atoms with E-state index in [0.29, 0.717) is 6.61 Å². The smallest absolute Gasteiger partial charge is 0.410 e. The van der Waals surface area contributed by atoms with E-state index >= 15 is 0 Å². The van der Waals surface area contributed by atoms with E-state index in [1.54, 1.807) is 0 Å². The monoisotopic (exact) mass is 275 g/mol. The predicted molar refractivity (Wildman–Crippen MR) is 75.3 cm³/mol. The maximum Gasteiger partial charge on any atom is 0.410 e. The standard InChI is InChI=1S/C16H21NO3/c18-15(20-12-14-4-2-1-3-5-14)17-9-6-16(13-17)7-10-19-11-8-16/h1-5H,6-13H2. The topological polar surface area (TPSA) is 38.8 Å².